The van der Waals surface area contributed by atoms with Gasteiger partial charge in [-0.3, -0.25) is 9.36 Å². The third-order valence-electron chi connectivity index (χ3n) is 3.90. The summed E-state index contributed by atoms with van der Waals surface area (Å²) in [6, 6.07) is 15.8. The van der Waals surface area contributed by atoms with Gasteiger partial charge in [0, 0.05) is 5.69 Å². The van der Waals surface area contributed by atoms with Crippen molar-refractivity contribution in [1.29, 1.82) is 0 Å². The minimum Gasteiger partial charge on any atom is -0.281 e. The summed E-state index contributed by atoms with van der Waals surface area (Å²) in [4.78, 5) is 13.0. The van der Waals surface area contributed by atoms with E-state index in [-0.39, 0.29) is 5.56 Å². The van der Waals surface area contributed by atoms with Crippen LogP contribution in [0.5, 0.6) is 0 Å². The Labute approximate surface area is 125 Å². The van der Waals surface area contributed by atoms with Gasteiger partial charge in [0.2, 0.25) is 0 Å². The lowest BCUT2D eigenvalue weighted by atomic mass is 9.97. The molecule has 0 aliphatic rings. The Bertz CT molecular complexity index is 880. The highest BCUT2D eigenvalue weighted by Gasteiger charge is 2.12. The molecule has 0 N–H and O–H groups in total. The Balaban J connectivity index is 2.48. The molecular formula is C18H16BNO. The van der Waals surface area contributed by atoms with E-state index < -0.39 is 0 Å². The molecule has 0 unspecified atom stereocenters. The highest BCUT2D eigenvalue weighted by atomic mass is 16.1. The van der Waals surface area contributed by atoms with Crippen LogP contribution in [0.25, 0.3) is 16.5 Å². The van der Waals surface area contributed by atoms with Crippen molar-refractivity contribution >= 4 is 18.6 Å². The van der Waals surface area contributed by atoms with Crippen LogP contribution in [0, 0.1) is 13.8 Å². The first-order valence-electron chi connectivity index (χ1n) is 7.04. The second-order valence-corrected chi connectivity index (χ2v) is 5.31. The van der Waals surface area contributed by atoms with Crippen LogP contribution in [0.4, 0.5) is 0 Å². The van der Waals surface area contributed by atoms with Gasteiger partial charge in [0.1, 0.15) is 0 Å². The maximum absolute atomic E-state index is 13.0. The topological polar surface area (TPSA) is 22.0 Å². The van der Waals surface area contributed by atoms with Gasteiger partial charge in [-0.15, -0.1) is 0 Å². The van der Waals surface area contributed by atoms with E-state index in [1.807, 2.05) is 62.4 Å². The smallest absolute Gasteiger partial charge is 0.263 e. The summed E-state index contributed by atoms with van der Waals surface area (Å²) < 4.78 is 1.74. The number of aryl methyl sites for hydroxylation is 2. The number of hydrogen-bond donors (Lipinski definition) is 0. The van der Waals surface area contributed by atoms with Crippen molar-refractivity contribution in [2.45, 2.75) is 20.2 Å². The maximum Gasteiger partial charge on any atom is 0.263 e. The molecule has 3 heteroatoms. The van der Waals surface area contributed by atoms with Gasteiger partial charge < -0.3 is 0 Å². The molecule has 2 nitrogen and oxygen atoms in total. The molecule has 0 amide bonds. The quantitative estimate of drug-likeness (QED) is 0.657. The lowest BCUT2D eigenvalue weighted by Gasteiger charge is -2.16. The molecule has 0 spiro atoms. The molecule has 1 heterocycles. The van der Waals surface area contributed by atoms with E-state index in [0.29, 0.717) is 6.32 Å². The van der Waals surface area contributed by atoms with Crippen LogP contribution in [0.3, 0.4) is 0 Å². The highest BCUT2D eigenvalue weighted by molar-refractivity contribution is 6.08. The van der Waals surface area contributed by atoms with Crippen molar-refractivity contribution in [1.82, 2.24) is 4.57 Å². The fourth-order valence-electron chi connectivity index (χ4n) is 2.82. The summed E-state index contributed by atoms with van der Waals surface area (Å²) in [5.41, 5.74) is 3.77. The molecular weight excluding hydrogens is 257 g/mol. The Morgan fingerprint density at radius 2 is 1.71 bits per heavy atom. The highest BCUT2D eigenvalue weighted by Crippen LogP contribution is 2.20. The summed E-state index contributed by atoms with van der Waals surface area (Å²) in [7, 11) is 5.88. The van der Waals surface area contributed by atoms with Crippen LogP contribution in [0.1, 0.15) is 16.8 Å². The summed E-state index contributed by atoms with van der Waals surface area (Å²) in [6.07, 6.45) is 0.327. The number of fused-ring (bicyclic) bond motifs is 1. The standard InChI is InChI=1S/C18H16BNO/c1-12-6-3-4-9-16(12)20-15(11-19)10-14-8-5-7-13(2)17(14)18(20)21/h3-10H,11H2,1-2H3. The zero-order chi connectivity index (χ0) is 15.0. The van der Waals surface area contributed by atoms with Crippen LogP contribution < -0.4 is 5.56 Å². The average Bonchev–Trinajstić information content (AvgIpc) is 2.48. The number of benzene rings is 2. The lowest BCUT2D eigenvalue weighted by Crippen LogP contribution is -2.23. The fourth-order valence-corrected chi connectivity index (χ4v) is 2.82. The van der Waals surface area contributed by atoms with Crippen molar-refractivity contribution in [2.75, 3.05) is 0 Å². The van der Waals surface area contributed by atoms with Gasteiger partial charge in [-0.05, 0) is 48.8 Å². The zero-order valence-corrected chi connectivity index (χ0v) is 12.3. The monoisotopic (exact) mass is 273 g/mol. The Hall–Kier alpha value is -2.29. The van der Waals surface area contributed by atoms with Gasteiger partial charge in [-0.25, -0.2) is 0 Å². The van der Waals surface area contributed by atoms with Crippen LogP contribution in [-0.4, -0.2) is 12.4 Å². The van der Waals surface area contributed by atoms with Crippen LogP contribution >= 0.6 is 0 Å². The number of hydrogen-bond acceptors (Lipinski definition) is 1. The van der Waals surface area contributed by atoms with Crippen molar-refractivity contribution < 1.29 is 0 Å². The molecule has 0 aliphatic carbocycles. The average molecular weight is 273 g/mol. The molecule has 0 fully saturated rings. The molecule has 0 saturated carbocycles. The summed E-state index contributed by atoms with van der Waals surface area (Å²) >= 11 is 0. The molecule has 3 rings (SSSR count). The summed E-state index contributed by atoms with van der Waals surface area (Å²) in [6.45, 7) is 3.97. The van der Waals surface area contributed by atoms with E-state index >= 15 is 0 Å². The Morgan fingerprint density at radius 1 is 1.00 bits per heavy atom. The third-order valence-corrected chi connectivity index (χ3v) is 3.90. The molecule has 0 aliphatic heterocycles. The normalized spacial score (nSPS) is 11.0. The van der Waals surface area contributed by atoms with Gasteiger partial charge in [0.25, 0.3) is 5.56 Å². The number of para-hydroxylation sites is 1. The first kappa shape index (κ1) is 13.7. The van der Waals surface area contributed by atoms with Crippen molar-refractivity contribution in [3.63, 3.8) is 0 Å². The van der Waals surface area contributed by atoms with E-state index in [2.05, 4.69) is 0 Å². The largest absolute Gasteiger partial charge is 0.281 e. The minimum absolute atomic E-state index is 0.000324. The number of nitrogens with zero attached hydrogens (tertiary/aromatic N) is 1. The van der Waals surface area contributed by atoms with Gasteiger partial charge in [0.05, 0.1) is 18.9 Å². The molecule has 21 heavy (non-hydrogen) atoms. The van der Waals surface area contributed by atoms with E-state index in [1.165, 1.54) is 0 Å². The van der Waals surface area contributed by atoms with E-state index in [9.17, 15) is 4.79 Å². The maximum atomic E-state index is 13.0. The number of pyridine rings is 1. The lowest BCUT2D eigenvalue weighted by molar-refractivity contribution is 0.928. The van der Waals surface area contributed by atoms with Gasteiger partial charge in [0.15, 0.2) is 0 Å². The first-order chi connectivity index (χ1) is 10.1. The van der Waals surface area contributed by atoms with E-state index in [1.54, 1.807) is 4.57 Å². The Morgan fingerprint density at radius 3 is 2.43 bits per heavy atom. The fraction of sp³-hybridized carbons (Fsp3) is 0.167. The van der Waals surface area contributed by atoms with Gasteiger partial charge >= 0.3 is 0 Å². The SMILES string of the molecule is [B]Cc1cc2cccc(C)c2c(=O)n1-c1ccccc1C. The van der Waals surface area contributed by atoms with Gasteiger partial charge in [-0.2, -0.15) is 0 Å². The molecule has 2 radical (unpaired) electrons. The third kappa shape index (κ3) is 2.19. The van der Waals surface area contributed by atoms with Crippen molar-refractivity contribution in [2.24, 2.45) is 0 Å². The minimum atomic E-state index is 0.000324. The van der Waals surface area contributed by atoms with Crippen molar-refractivity contribution in [3.8, 4) is 5.69 Å². The molecule has 2 aromatic carbocycles. The number of rotatable bonds is 2. The predicted molar refractivity (Wildman–Crippen MR) is 88.5 cm³/mol. The molecule has 0 saturated heterocycles. The zero-order valence-electron chi connectivity index (χ0n) is 12.3. The predicted octanol–water partition coefficient (Wildman–Crippen LogP) is 3.28. The van der Waals surface area contributed by atoms with E-state index in [4.69, 9.17) is 7.85 Å². The van der Waals surface area contributed by atoms with Gasteiger partial charge in [-0.1, -0.05) is 36.4 Å². The molecule has 3 aromatic rings. The van der Waals surface area contributed by atoms with Crippen LogP contribution in [-0.2, 0) is 6.32 Å². The Kier molecular flexibility index (Phi) is 3.42. The molecule has 0 atom stereocenters. The molecule has 102 valence electrons. The second-order valence-electron chi connectivity index (χ2n) is 5.31. The summed E-state index contributed by atoms with van der Waals surface area (Å²) in [5.74, 6) is 0. The summed E-state index contributed by atoms with van der Waals surface area (Å²) in [5, 5.41) is 1.71. The van der Waals surface area contributed by atoms with E-state index in [0.717, 1.165) is 33.3 Å². The number of aromatic nitrogens is 1. The van der Waals surface area contributed by atoms with Crippen molar-refractivity contribution in [3.05, 3.63) is 75.7 Å². The second kappa shape index (κ2) is 5.25. The molecule has 0 bridgehead atoms. The molecule has 1 aromatic heterocycles. The first-order valence-corrected chi connectivity index (χ1v) is 7.04. The van der Waals surface area contributed by atoms with Crippen LogP contribution in [0.2, 0.25) is 0 Å². The van der Waals surface area contributed by atoms with Crippen LogP contribution in [0.15, 0.2) is 53.3 Å².